The van der Waals surface area contributed by atoms with Gasteiger partial charge in [0.1, 0.15) is 0 Å². The number of amides is 1. The number of rotatable bonds is 3. The number of fused-ring (bicyclic) bond motifs is 1. The molecule has 0 aromatic heterocycles. The van der Waals surface area contributed by atoms with Crippen LogP contribution >= 0.6 is 34.2 Å². The van der Waals surface area contributed by atoms with Crippen molar-refractivity contribution in [2.24, 2.45) is 0 Å². The predicted molar refractivity (Wildman–Crippen MR) is 91.0 cm³/mol. The van der Waals surface area contributed by atoms with E-state index in [0.29, 0.717) is 17.0 Å². The van der Waals surface area contributed by atoms with E-state index in [1.807, 2.05) is 18.2 Å². The first-order valence-corrected chi connectivity index (χ1v) is 7.88. The molecule has 3 rings (SSSR count). The van der Waals surface area contributed by atoms with E-state index in [-0.39, 0.29) is 18.2 Å². The molecular weight excluding hydrogens is 401 g/mol. The van der Waals surface area contributed by atoms with Crippen molar-refractivity contribution in [2.45, 2.75) is 6.42 Å². The normalized spacial score (nSPS) is 13.4. The van der Waals surface area contributed by atoms with E-state index < -0.39 is 0 Å². The average Bonchev–Trinajstić information content (AvgIpc) is 2.76. The van der Waals surface area contributed by atoms with Crippen LogP contribution < -0.4 is 4.90 Å². The molecule has 1 heterocycles. The average molecular weight is 412 g/mol. The zero-order valence-corrected chi connectivity index (χ0v) is 13.9. The molecule has 0 fully saturated rings. The highest BCUT2D eigenvalue weighted by atomic mass is 127. The van der Waals surface area contributed by atoms with Crippen molar-refractivity contribution in [1.29, 1.82) is 0 Å². The molecule has 2 aromatic carbocycles. The van der Waals surface area contributed by atoms with Gasteiger partial charge in [0.2, 0.25) is 5.91 Å². The number of hydrogen-bond donors (Lipinski definition) is 0. The summed E-state index contributed by atoms with van der Waals surface area (Å²) in [5, 5.41) is 0.565. The number of carbonyl (C=O) groups is 2. The molecule has 1 aliphatic heterocycles. The van der Waals surface area contributed by atoms with E-state index in [0.717, 1.165) is 14.8 Å². The number of carbonyl (C=O) groups excluding carboxylic acids is 2. The lowest BCUT2D eigenvalue weighted by atomic mass is 10.1. The molecular formula is C16H11ClINO2. The van der Waals surface area contributed by atoms with Crippen LogP contribution in [0.1, 0.15) is 15.9 Å². The summed E-state index contributed by atoms with van der Waals surface area (Å²) < 4.78 is 1.07. The van der Waals surface area contributed by atoms with Gasteiger partial charge in [-0.2, -0.15) is 0 Å². The number of anilines is 1. The lowest BCUT2D eigenvalue weighted by molar-refractivity contribution is -0.117. The summed E-state index contributed by atoms with van der Waals surface area (Å²) in [6, 6.07) is 12.7. The number of halogens is 2. The van der Waals surface area contributed by atoms with Crippen molar-refractivity contribution in [3.63, 3.8) is 0 Å². The van der Waals surface area contributed by atoms with Crippen molar-refractivity contribution in [3.05, 3.63) is 62.2 Å². The molecule has 3 nitrogen and oxygen atoms in total. The summed E-state index contributed by atoms with van der Waals surface area (Å²) in [7, 11) is 0. The Morgan fingerprint density at radius 1 is 1.19 bits per heavy atom. The second kappa shape index (κ2) is 5.77. The minimum atomic E-state index is -0.0763. The fraction of sp³-hybridized carbons (Fsp3) is 0.125. The molecule has 0 saturated carbocycles. The van der Waals surface area contributed by atoms with E-state index in [4.69, 9.17) is 11.6 Å². The first-order chi connectivity index (χ1) is 10.0. The molecule has 0 aliphatic carbocycles. The standard InChI is InChI=1S/C16H11ClINO2/c17-12-4-1-11-7-16(21)19(14(11)8-12)9-15(20)10-2-5-13(18)6-3-10/h1-6,8H,7,9H2. The summed E-state index contributed by atoms with van der Waals surface area (Å²) in [4.78, 5) is 25.9. The predicted octanol–water partition coefficient (Wildman–Crippen LogP) is 3.72. The van der Waals surface area contributed by atoms with Gasteiger partial charge in [-0.25, -0.2) is 0 Å². The number of nitrogens with zero attached hydrogens (tertiary/aromatic N) is 1. The molecule has 0 spiro atoms. The van der Waals surface area contributed by atoms with Crippen LogP contribution in [0.4, 0.5) is 5.69 Å². The van der Waals surface area contributed by atoms with Crippen molar-refractivity contribution in [1.82, 2.24) is 0 Å². The number of hydrogen-bond acceptors (Lipinski definition) is 2. The maximum atomic E-state index is 12.3. The van der Waals surface area contributed by atoms with E-state index in [1.54, 1.807) is 24.3 Å². The molecule has 0 unspecified atom stereocenters. The maximum Gasteiger partial charge on any atom is 0.231 e. The van der Waals surface area contributed by atoms with Gasteiger partial charge in [0.05, 0.1) is 13.0 Å². The van der Waals surface area contributed by atoms with Gasteiger partial charge in [-0.15, -0.1) is 0 Å². The lowest BCUT2D eigenvalue weighted by Crippen LogP contribution is -2.32. The van der Waals surface area contributed by atoms with E-state index in [9.17, 15) is 9.59 Å². The molecule has 2 aromatic rings. The highest BCUT2D eigenvalue weighted by Gasteiger charge is 2.29. The topological polar surface area (TPSA) is 37.4 Å². The zero-order chi connectivity index (χ0) is 15.0. The highest BCUT2D eigenvalue weighted by molar-refractivity contribution is 14.1. The molecule has 1 aliphatic rings. The number of Topliss-reactive ketones (excluding diaryl/α,β-unsaturated/α-hetero) is 1. The Labute approximate surface area is 141 Å². The molecule has 0 saturated heterocycles. The van der Waals surface area contributed by atoms with Gasteiger partial charge in [-0.3, -0.25) is 9.59 Å². The molecule has 0 radical (unpaired) electrons. The second-order valence-electron chi connectivity index (χ2n) is 4.86. The largest absolute Gasteiger partial charge is 0.304 e. The van der Waals surface area contributed by atoms with Gasteiger partial charge in [0.25, 0.3) is 0 Å². The Balaban J connectivity index is 1.85. The quantitative estimate of drug-likeness (QED) is 0.570. The fourth-order valence-electron chi connectivity index (χ4n) is 2.37. The highest BCUT2D eigenvalue weighted by Crippen LogP contribution is 2.31. The van der Waals surface area contributed by atoms with Gasteiger partial charge in [-0.05, 0) is 52.4 Å². The van der Waals surface area contributed by atoms with Crippen LogP contribution in [-0.4, -0.2) is 18.2 Å². The third kappa shape index (κ3) is 2.96. The Morgan fingerprint density at radius 3 is 2.62 bits per heavy atom. The van der Waals surface area contributed by atoms with Crippen molar-refractivity contribution >= 4 is 51.6 Å². The molecule has 0 bridgehead atoms. The Kier molecular flexibility index (Phi) is 3.99. The van der Waals surface area contributed by atoms with Crippen molar-refractivity contribution < 1.29 is 9.59 Å². The third-order valence-corrected chi connectivity index (χ3v) is 4.40. The van der Waals surface area contributed by atoms with Crippen LogP contribution in [0.25, 0.3) is 0 Å². The number of benzene rings is 2. The van der Waals surface area contributed by atoms with Crippen LogP contribution in [-0.2, 0) is 11.2 Å². The van der Waals surface area contributed by atoms with Gasteiger partial charge in [-0.1, -0.05) is 29.8 Å². The van der Waals surface area contributed by atoms with Crippen LogP contribution in [0.5, 0.6) is 0 Å². The maximum absolute atomic E-state index is 12.3. The lowest BCUT2D eigenvalue weighted by Gasteiger charge is -2.16. The molecule has 5 heteroatoms. The van der Waals surface area contributed by atoms with Gasteiger partial charge >= 0.3 is 0 Å². The molecule has 0 N–H and O–H groups in total. The Bertz CT molecular complexity index is 728. The summed E-state index contributed by atoms with van der Waals surface area (Å²) in [5.74, 6) is -0.140. The molecule has 106 valence electrons. The van der Waals surface area contributed by atoms with Gasteiger partial charge in [0.15, 0.2) is 5.78 Å². The van der Waals surface area contributed by atoms with E-state index in [2.05, 4.69) is 22.6 Å². The van der Waals surface area contributed by atoms with Crippen LogP contribution in [0, 0.1) is 3.57 Å². The third-order valence-electron chi connectivity index (χ3n) is 3.45. The fourth-order valence-corrected chi connectivity index (χ4v) is 2.90. The Morgan fingerprint density at radius 2 is 1.90 bits per heavy atom. The van der Waals surface area contributed by atoms with Gasteiger partial charge in [0, 0.05) is 19.8 Å². The minimum Gasteiger partial charge on any atom is -0.304 e. The monoisotopic (exact) mass is 411 g/mol. The SMILES string of the molecule is O=C(CN1C(=O)Cc2ccc(Cl)cc21)c1ccc(I)cc1. The van der Waals surface area contributed by atoms with Crippen molar-refractivity contribution in [3.8, 4) is 0 Å². The van der Waals surface area contributed by atoms with E-state index in [1.165, 1.54) is 4.90 Å². The summed E-state index contributed by atoms with van der Waals surface area (Å²) in [5.41, 5.74) is 2.27. The smallest absolute Gasteiger partial charge is 0.231 e. The van der Waals surface area contributed by atoms with Crippen molar-refractivity contribution in [2.75, 3.05) is 11.4 Å². The van der Waals surface area contributed by atoms with Crippen LogP contribution in [0.2, 0.25) is 5.02 Å². The summed E-state index contributed by atoms with van der Waals surface area (Å²) >= 11 is 8.17. The minimum absolute atomic E-state index is 0.0484. The summed E-state index contributed by atoms with van der Waals surface area (Å²) in [6.45, 7) is 0.0484. The first-order valence-electron chi connectivity index (χ1n) is 6.42. The molecule has 1 amide bonds. The Hall–Kier alpha value is -1.40. The van der Waals surface area contributed by atoms with E-state index >= 15 is 0 Å². The zero-order valence-electron chi connectivity index (χ0n) is 11.0. The second-order valence-corrected chi connectivity index (χ2v) is 6.54. The van der Waals surface area contributed by atoms with Crippen LogP contribution in [0.3, 0.4) is 0 Å². The van der Waals surface area contributed by atoms with Gasteiger partial charge < -0.3 is 4.90 Å². The molecule has 0 atom stereocenters. The molecule has 21 heavy (non-hydrogen) atoms. The summed E-state index contributed by atoms with van der Waals surface area (Å²) in [6.07, 6.45) is 0.326. The van der Waals surface area contributed by atoms with Crippen LogP contribution in [0.15, 0.2) is 42.5 Å². The number of ketones is 1. The first kappa shape index (κ1) is 14.5.